The van der Waals surface area contributed by atoms with Crippen LogP contribution in [0.1, 0.15) is 12.5 Å². The lowest BCUT2D eigenvalue weighted by Gasteiger charge is -2.08. The van der Waals surface area contributed by atoms with Crippen molar-refractivity contribution in [3.63, 3.8) is 0 Å². The summed E-state index contributed by atoms with van der Waals surface area (Å²) in [5, 5.41) is 9.85. The monoisotopic (exact) mass is 200 g/mol. The van der Waals surface area contributed by atoms with E-state index in [-0.39, 0.29) is 11.4 Å². The summed E-state index contributed by atoms with van der Waals surface area (Å²) in [6.45, 7) is 4.02. The van der Waals surface area contributed by atoms with Crippen LogP contribution in [0, 0.1) is 6.92 Å². The fourth-order valence-corrected chi connectivity index (χ4v) is 1.66. The number of hydrogen-bond donors (Lipinski definition) is 1. The molecule has 0 saturated carbocycles. The van der Waals surface area contributed by atoms with E-state index in [1.54, 1.807) is 11.5 Å². The highest BCUT2D eigenvalue weighted by atomic mass is 32.2. The molecule has 72 valence electrons. The highest BCUT2D eigenvalue weighted by Gasteiger charge is 2.10. The number of aromatic nitrogens is 2. The van der Waals surface area contributed by atoms with Crippen LogP contribution in [0.25, 0.3) is 0 Å². The van der Waals surface area contributed by atoms with Crippen LogP contribution in [0.5, 0.6) is 5.88 Å². The molecule has 1 heterocycles. The van der Waals surface area contributed by atoms with Crippen molar-refractivity contribution in [3.05, 3.63) is 15.9 Å². The highest BCUT2D eigenvalue weighted by Crippen LogP contribution is 2.15. The predicted octanol–water partition coefficient (Wildman–Crippen LogP) is 0.999. The lowest BCUT2D eigenvalue weighted by Crippen LogP contribution is -2.24. The van der Waals surface area contributed by atoms with E-state index in [1.165, 1.54) is 11.8 Å². The molecule has 0 spiro atoms. The average molecular weight is 200 g/mol. The van der Waals surface area contributed by atoms with Gasteiger partial charge in [-0.2, -0.15) is 4.98 Å². The van der Waals surface area contributed by atoms with Crippen LogP contribution in [0.4, 0.5) is 0 Å². The third-order valence-electron chi connectivity index (χ3n) is 1.83. The molecule has 4 nitrogen and oxygen atoms in total. The molecule has 0 atom stereocenters. The summed E-state index contributed by atoms with van der Waals surface area (Å²) in [5.41, 5.74) is 0.138. The molecular weight excluding hydrogens is 188 g/mol. The van der Waals surface area contributed by atoms with Gasteiger partial charge in [0.15, 0.2) is 5.16 Å². The third-order valence-corrected chi connectivity index (χ3v) is 2.51. The fraction of sp³-hybridized carbons (Fsp3) is 0.500. The van der Waals surface area contributed by atoms with Gasteiger partial charge in [0.2, 0.25) is 5.88 Å². The minimum Gasteiger partial charge on any atom is -0.493 e. The van der Waals surface area contributed by atoms with E-state index in [1.807, 2.05) is 13.2 Å². The van der Waals surface area contributed by atoms with Crippen LogP contribution in [0.15, 0.2) is 9.95 Å². The number of rotatable bonds is 2. The summed E-state index contributed by atoms with van der Waals surface area (Å²) in [5.74, 6) is -0.168. The van der Waals surface area contributed by atoms with Gasteiger partial charge in [-0.1, -0.05) is 11.8 Å². The van der Waals surface area contributed by atoms with Gasteiger partial charge >= 0.3 is 0 Å². The standard InChI is InChI=1S/C8H12N2O2S/c1-4-10-7(12)5(2)6(11)9-8(10)13-3/h11H,4H2,1-3H3. The van der Waals surface area contributed by atoms with Gasteiger partial charge in [-0.3, -0.25) is 9.36 Å². The Morgan fingerprint density at radius 2 is 2.23 bits per heavy atom. The zero-order valence-corrected chi connectivity index (χ0v) is 8.68. The topological polar surface area (TPSA) is 55.1 Å². The second-order valence-corrected chi connectivity index (χ2v) is 3.37. The molecule has 1 rings (SSSR count). The van der Waals surface area contributed by atoms with Crippen molar-refractivity contribution in [2.45, 2.75) is 25.5 Å². The predicted molar refractivity (Wildman–Crippen MR) is 52.4 cm³/mol. The zero-order valence-electron chi connectivity index (χ0n) is 7.87. The summed E-state index contributed by atoms with van der Waals surface area (Å²) in [6.07, 6.45) is 1.82. The lowest BCUT2D eigenvalue weighted by atomic mass is 10.3. The van der Waals surface area contributed by atoms with Crippen LogP contribution in [0.3, 0.4) is 0 Å². The van der Waals surface area contributed by atoms with Crippen molar-refractivity contribution < 1.29 is 5.11 Å². The quantitative estimate of drug-likeness (QED) is 0.571. The Labute approximate surface area is 80.6 Å². The fourth-order valence-electron chi connectivity index (χ4n) is 1.05. The minimum atomic E-state index is -0.168. The molecule has 0 unspecified atom stereocenters. The second-order valence-electron chi connectivity index (χ2n) is 2.60. The van der Waals surface area contributed by atoms with Gasteiger partial charge in [-0.25, -0.2) is 0 Å². The first-order chi connectivity index (χ1) is 6.11. The Morgan fingerprint density at radius 3 is 2.69 bits per heavy atom. The van der Waals surface area contributed by atoms with Gasteiger partial charge in [0.1, 0.15) is 0 Å². The van der Waals surface area contributed by atoms with Crippen molar-refractivity contribution in [2.75, 3.05) is 6.26 Å². The number of thioether (sulfide) groups is 1. The molecular formula is C8H12N2O2S. The molecule has 0 saturated heterocycles. The van der Waals surface area contributed by atoms with Gasteiger partial charge in [0.05, 0.1) is 5.56 Å². The van der Waals surface area contributed by atoms with Crippen molar-refractivity contribution in [1.82, 2.24) is 9.55 Å². The summed E-state index contributed by atoms with van der Waals surface area (Å²) in [7, 11) is 0. The molecule has 0 fully saturated rings. The molecule has 0 bridgehead atoms. The molecule has 5 heteroatoms. The van der Waals surface area contributed by atoms with Gasteiger partial charge in [0.25, 0.3) is 5.56 Å². The summed E-state index contributed by atoms with van der Waals surface area (Å²) in [6, 6.07) is 0. The average Bonchev–Trinajstić information content (AvgIpc) is 2.13. The normalized spacial score (nSPS) is 10.4. The van der Waals surface area contributed by atoms with Crippen molar-refractivity contribution in [2.24, 2.45) is 0 Å². The van der Waals surface area contributed by atoms with Crippen LogP contribution in [-0.2, 0) is 6.54 Å². The SMILES string of the molecule is CCn1c(SC)nc(O)c(C)c1=O. The highest BCUT2D eigenvalue weighted by molar-refractivity contribution is 7.98. The first-order valence-corrected chi connectivity index (χ1v) is 5.18. The van der Waals surface area contributed by atoms with Crippen LogP contribution in [0.2, 0.25) is 0 Å². The van der Waals surface area contributed by atoms with Crippen molar-refractivity contribution in [1.29, 1.82) is 0 Å². The van der Waals surface area contributed by atoms with Crippen LogP contribution < -0.4 is 5.56 Å². The van der Waals surface area contributed by atoms with Crippen LogP contribution in [-0.4, -0.2) is 20.9 Å². The smallest absolute Gasteiger partial charge is 0.260 e. The maximum Gasteiger partial charge on any atom is 0.260 e. The van der Waals surface area contributed by atoms with Gasteiger partial charge in [-0.05, 0) is 20.1 Å². The first-order valence-electron chi connectivity index (χ1n) is 3.96. The van der Waals surface area contributed by atoms with E-state index in [0.29, 0.717) is 17.3 Å². The summed E-state index contributed by atoms with van der Waals surface area (Å²) in [4.78, 5) is 15.5. The molecule has 1 aromatic heterocycles. The molecule has 1 N–H and O–H groups in total. The van der Waals surface area contributed by atoms with Crippen LogP contribution >= 0.6 is 11.8 Å². The summed E-state index contributed by atoms with van der Waals surface area (Å²) < 4.78 is 1.54. The Bertz CT molecular complexity index is 373. The Kier molecular flexibility index (Phi) is 2.98. The lowest BCUT2D eigenvalue weighted by molar-refractivity contribution is 0.428. The molecule has 13 heavy (non-hydrogen) atoms. The van der Waals surface area contributed by atoms with Gasteiger partial charge in [-0.15, -0.1) is 0 Å². The Morgan fingerprint density at radius 1 is 1.62 bits per heavy atom. The Balaban J connectivity index is 3.48. The molecule has 0 aliphatic rings. The minimum absolute atomic E-state index is 0.167. The molecule has 0 aliphatic carbocycles. The first kappa shape index (κ1) is 10.1. The largest absolute Gasteiger partial charge is 0.493 e. The maximum atomic E-state index is 11.5. The Hall–Kier alpha value is -0.970. The van der Waals surface area contributed by atoms with Gasteiger partial charge < -0.3 is 5.11 Å². The zero-order chi connectivity index (χ0) is 10.0. The number of aromatic hydroxyl groups is 1. The molecule has 0 radical (unpaired) electrons. The number of hydrogen-bond acceptors (Lipinski definition) is 4. The van der Waals surface area contributed by atoms with E-state index in [4.69, 9.17) is 0 Å². The van der Waals surface area contributed by atoms with E-state index >= 15 is 0 Å². The van der Waals surface area contributed by atoms with E-state index < -0.39 is 0 Å². The van der Waals surface area contributed by atoms with Crippen molar-refractivity contribution in [3.8, 4) is 5.88 Å². The van der Waals surface area contributed by atoms with Gasteiger partial charge in [0, 0.05) is 6.54 Å². The van der Waals surface area contributed by atoms with Crippen molar-refractivity contribution >= 4 is 11.8 Å². The maximum absolute atomic E-state index is 11.5. The van der Waals surface area contributed by atoms with E-state index in [2.05, 4.69) is 4.98 Å². The second kappa shape index (κ2) is 3.83. The molecule has 0 aromatic carbocycles. The summed E-state index contributed by atoms with van der Waals surface area (Å²) >= 11 is 1.35. The molecule has 0 amide bonds. The third kappa shape index (κ3) is 1.70. The number of nitrogens with zero attached hydrogens (tertiary/aromatic N) is 2. The van der Waals surface area contributed by atoms with E-state index in [0.717, 1.165) is 0 Å². The van der Waals surface area contributed by atoms with E-state index in [9.17, 15) is 9.90 Å². The molecule has 0 aliphatic heterocycles. The molecule has 1 aromatic rings.